The van der Waals surface area contributed by atoms with E-state index in [1.54, 1.807) is 30.3 Å². The minimum Gasteiger partial charge on any atom is -0.593 e. The minimum atomic E-state index is -3.52. The van der Waals surface area contributed by atoms with Crippen molar-refractivity contribution in [2.24, 2.45) is 0 Å². The van der Waals surface area contributed by atoms with Crippen molar-refractivity contribution in [1.29, 1.82) is 0 Å². The molecular weight excluding hydrogens is 430 g/mol. The summed E-state index contributed by atoms with van der Waals surface area (Å²) in [5, 5.41) is 0. The summed E-state index contributed by atoms with van der Waals surface area (Å²) in [6, 6.07) is 18.5. The molecule has 1 atom stereocenters. The molecule has 0 bridgehead atoms. The van der Waals surface area contributed by atoms with Crippen LogP contribution in [0, 0.1) is 18.6 Å². The highest BCUT2D eigenvalue weighted by atomic mass is 32.3. The second-order valence-corrected chi connectivity index (χ2v) is 10.0. The first-order chi connectivity index (χ1) is 15.3. The number of hydrogen-bond acceptors (Lipinski definition) is 3. The number of halogens is 2. The van der Waals surface area contributed by atoms with E-state index in [0.717, 1.165) is 55.2 Å². The van der Waals surface area contributed by atoms with Gasteiger partial charge in [0.2, 0.25) is 0 Å². The Labute approximate surface area is 188 Å². The summed E-state index contributed by atoms with van der Waals surface area (Å²) in [6.45, 7) is 4.19. The van der Waals surface area contributed by atoms with Crippen molar-refractivity contribution in [3.8, 4) is 11.1 Å². The average molecular weight is 457 g/mol. The predicted molar refractivity (Wildman–Crippen MR) is 122 cm³/mol. The van der Waals surface area contributed by atoms with Crippen molar-refractivity contribution in [3.63, 3.8) is 0 Å². The fourth-order valence-electron chi connectivity index (χ4n) is 4.00. The number of hydrogen-bond donors (Lipinski definition) is 1. The molecule has 1 fully saturated rings. The Balaban J connectivity index is 1.34. The molecule has 0 radical (unpaired) electrons. The molecular formula is C25H26F2N2O2S. The first-order valence-electron chi connectivity index (χ1n) is 10.7. The first kappa shape index (κ1) is 22.7. The molecule has 168 valence electrons. The molecule has 1 aliphatic rings. The molecule has 0 saturated carbocycles. The molecule has 4 rings (SSSR count). The molecule has 32 heavy (non-hydrogen) atoms. The van der Waals surface area contributed by atoms with E-state index in [1.165, 1.54) is 6.07 Å². The highest BCUT2D eigenvalue weighted by Gasteiger charge is 2.28. The molecule has 0 aliphatic carbocycles. The lowest BCUT2D eigenvalue weighted by atomic mass is 10.0. The van der Waals surface area contributed by atoms with Gasteiger partial charge in [0.15, 0.2) is 26.9 Å². The molecule has 1 aliphatic heterocycles. The SMILES string of the molecule is Cc1ccc([S+](=O)([O-])NC2CCN(Cc3cccc(-c4ccc(F)c(F)c4)c3)CC2)cc1. The molecule has 3 aromatic rings. The molecule has 4 nitrogen and oxygen atoms in total. The lowest BCUT2D eigenvalue weighted by molar-refractivity contribution is 0.198. The van der Waals surface area contributed by atoms with Gasteiger partial charge in [0, 0.05) is 19.6 Å². The smallest absolute Gasteiger partial charge is 0.175 e. The monoisotopic (exact) mass is 456 g/mol. The second-order valence-electron chi connectivity index (χ2n) is 8.31. The normalized spacial score (nSPS) is 17.2. The Morgan fingerprint density at radius 3 is 2.34 bits per heavy atom. The Morgan fingerprint density at radius 2 is 1.66 bits per heavy atom. The zero-order valence-corrected chi connectivity index (χ0v) is 18.7. The summed E-state index contributed by atoms with van der Waals surface area (Å²) in [5.41, 5.74) is 3.56. The summed E-state index contributed by atoms with van der Waals surface area (Å²) in [6.07, 6.45) is 1.46. The van der Waals surface area contributed by atoms with E-state index < -0.39 is 22.0 Å². The van der Waals surface area contributed by atoms with Gasteiger partial charge in [-0.25, -0.2) is 8.78 Å². The van der Waals surface area contributed by atoms with E-state index >= 15 is 0 Å². The van der Waals surface area contributed by atoms with Crippen LogP contribution in [-0.4, -0.2) is 28.6 Å². The summed E-state index contributed by atoms with van der Waals surface area (Å²) in [7, 11) is -3.52. The van der Waals surface area contributed by atoms with E-state index in [2.05, 4.69) is 9.62 Å². The van der Waals surface area contributed by atoms with Crippen LogP contribution in [0.4, 0.5) is 8.78 Å². The number of aryl methyl sites for hydroxylation is 1. The van der Waals surface area contributed by atoms with Gasteiger partial charge in [-0.3, -0.25) is 4.90 Å². The molecule has 7 heteroatoms. The number of nitrogens with zero attached hydrogens (tertiary/aromatic N) is 1. The second kappa shape index (κ2) is 9.58. The summed E-state index contributed by atoms with van der Waals surface area (Å²) in [4.78, 5) is 2.57. The van der Waals surface area contributed by atoms with E-state index in [0.29, 0.717) is 10.5 Å². The molecule has 0 spiro atoms. The number of benzene rings is 3. The first-order valence-corrected chi connectivity index (χ1v) is 12.1. The van der Waals surface area contributed by atoms with Crippen molar-refractivity contribution in [3.05, 3.63) is 89.5 Å². The molecule has 0 aromatic heterocycles. The van der Waals surface area contributed by atoms with Crippen molar-refractivity contribution < 1.29 is 17.5 Å². The van der Waals surface area contributed by atoms with Crippen molar-refractivity contribution >= 4 is 10.4 Å². The van der Waals surface area contributed by atoms with Crippen LogP contribution in [-0.2, 0) is 21.2 Å². The largest absolute Gasteiger partial charge is 0.593 e. The average Bonchev–Trinajstić information content (AvgIpc) is 2.77. The van der Waals surface area contributed by atoms with Gasteiger partial charge in [-0.15, -0.1) is 4.72 Å². The van der Waals surface area contributed by atoms with Gasteiger partial charge in [0.05, 0.1) is 6.04 Å². The third kappa shape index (κ3) is 5.48. The van der Waals surface area contributed by atoms with Gasteiger partial charge >= 0.3 is 0 Å². The van der Waals surface area contributed by atoms with Crippen LogP contribution < -0.4 is 4.72 Å². The summed E-state index contributed by atoms with van der Waals surface area (Å²) >= 11 is 0. The minimum absolute atomic E-state index is 0.0916. The Morgan fingerprint density at radius 1 is 0.969 bits per heavy atom. The number of rotatable bonds is 6. The van der Waals surface area contributed by atoms with E-state index in [-0.39, 0.29) is 6.04 Å². The third-order valence-corrected chi connectivity index (χ3v) is 7.36. The number of sulfonamides is 1. The van der Waals surface area contributed by atoms with Crippen molar-refractivity contribution in [2.75, 3.05) is 13.1 Å². The van der Waals surface area contributed by atoms with Gasteiger partial charge in [-0.05, 0) is 66.8 Å². The van der Waals surface area contributed by atoms with Gasteiger partial charge in [-0.1, -0.05) is 46.2 Å². The van der Waals surface area contributed by atoms with Crippen LogP contribution in [0.3, 0.4) is 0 Å². The van der Waals surface area contributed by atoms with Gasteiger partial charge in [0.25, 0.3) is 0 Å². The maximum Gasteiger partial charge on any atom is 0.175 e. The summed E-state index contributed by atoms with van der Waals surface area (Å²) < 4.78 is 54.9. The van der Waals surface area contributed by atoms with Crippen LogP contribution in [0.5, 0.6) is 0 Å². The standard InChI is InChI=1S/C25H26F2N2O2S/c1-18-5-8-23(9-6-18)32(30,31)28-22-11-13-29(14-12-22)17-19-3-2-4-20(15-19)21-7-10-24(26)25(27)16-21/h2-10,15-16,22H,11-14,17H2,1H3,(H-,28,30,31). The number of likely N-dealkylation sites (tertiary alicyclic amines) is 1. The Bertz CT molecular complexity index is 1130. The maximum absolute atomic E-state index is 13.6. The summed E-state index contributed by atoms with van der Waals surface area (Å²) in [5.74, 6) is -1.71. The molecule has 0 amide bonds. The molecule has 3 aromatic carbocycles. The Kier molecular flexibility index (Phi) is 6.81. The molecule has 1 N–H and O–H groups in total. The maximum atomic E-state index is 13.6. The molecule has 1 unspecified atom stereocenters. The van der Waals surface area contributed by atoms with Gasteiger partial charge < -0.3 is 4.55 Å². The lowest BCUT2D eigenvalue weighted by Gasteiger charge is -2.32. The van der Waals surface area contributed by atoms with Gasteiger partial charge in [0.1, 0.15) is 0 Å². The quantitative estimate of drug-likeness (QED) is 0.525. The predicted octanol–water partition coefficient (Wildman–Crippen LogP) is 5.10. The van der Waals surface area contributed by atoms with Crippen LogP contribution in [0.1, 0.15) is 24.0 Å². The van der Waals surface area contributed by atoms with Crippen molar-refractivity contribution in [2.45, 2.75) is 37.2 Å². The van der Waals surface area contributed by atoms with E-state index in [9.17, 15) is 17.5 Å². The third-order valence-electron chi connectivity index (χ3n) is 5.83. The van der Waals surface area contributed by atoms with Gasteiger partial charge in [-0.2, -0.15) is 0 Å². The lowest BCUT2D eigenvalue weighted by Crippen LogP contribution is -2.46. The fourth-order valence-corrected chi connectivity index (χ4v) is 5.30. The van der Waals surface area contributed by atoms with E-state index in [1.807, 2.05) is 31.2 Å². The van der Waals surface area contributed by atoms with Crippen molar-refractivity contribution in [1.82, 2.24) is 9.62 Å². The highest BCUT2D eigenvalue weighted by molar-refractivity contribution is 7.95. The number of nitrogens with one attached hydrogen (secondary N) is 1. The highest BCUT2D eigenvalue weighted by Crippen LogP contribution is 2.24. The zero-order valence-electron chi connectivity index (χ0n) is 17.9. The topological polar surface area (TPSA) is 55.4 Å². The fraction of sp³-hybridized carbons (Fsp3) is 0.280. The van der Waals surface area contributed by atoms with Crippen LogP contribution in [0.2, 0.25) is 0 Å². The van der Waals surface area contributed by atoms with Crippen LogP contribution in [0.25, 0.3) is 11.1 Å². The van der Waals surface area contributed by atoms with Crippen LogP contribution >= 0.6 is 0 Å². The van der Waals surface area contributed by atoms with Crippen LogP contribution in [0.15, 0.2) is 71.6 Å². The molecule has 1 heterocycles. The molecule has 1 saturated heterocycles. The zero-order chi connectivity index (χ0) is 22.7. The Hall–Kier alpha value is -2.45. The van der Waals surface area contributed by atoms with E-state index in [4.69, 9.17) is 0 Å². The number of piperidine rings is 1.